The number of benzene rings is 9. The summed E-state index contributed by atoms with van der Waals surface area (Å²) in [4.78, 5) is 9.12. The van der Waals surface area contributed by atoms with E-state index in [2.05, 4.69) is 192 Å². The molecule has 1 aliphatic rings. The molecule has 0 saturated carbocycles. The van der Waals surface area contributed by atoms with Crippen LogP contribution >= 0.6 is 0 Å². The molecule has 60 heavy (non-hydrogen) atoms. The SMILES string of the molecule is c1ccc(-c2c3c(c(-c4ccccc4)c4ccccc24)-c2ccc(-c4ccc5cc(-c6ccc(-c7ccc(-c8ccccn8)nc7)cc6)ccc5c4)c4cccc-3c24)cc1. The average Bonchev–Trinajstić information content (AvgIpc) is 3.66. The molecule has 11 aromatic rings. The van der Waals surface area contributed by atoms with Gasteiger partial charge in [-0.1, -0.05) is 176 Å². The maximum atomic E-state index is 4.68. The monoisotopic (exact) mass is 760 g/mol. The van der Waals surface area contributed by atoms with Crippen LogP contribution in [0, 0.1) is 0 Å². The Kier molecular flexibility index (Phi) is 7.89. The van der Waals surface area contributed by atoms with Gasteiger partial charge in [-0.15, -0.1) is 0 Å². The van der Waals surface area contributed by atoms with Crippen molar-refractivity contribution in [2.75, 3.05) is 0 Å². The molecule has 0 N–H and O–H groups in total. The third kappa shape index (κ3) is 5.50. The minimum absolute atomic E-state index is 0.873. The molecule has 0 atom stereocenters. The molecule has 12 rings (SSSR count). The standard InChI is InChI=1S/C58H36N2/c1-3-12-39(13-4-1)54-48-16-7-8-17-49(48)55(40-14-5-2-6-15-40)58-51-31-30-46(47-18-11-19-50(56(47)51)57(54)58)44-28-27-42-34-41(25-26-43(42)35-44)37-21-23-38(24-22-37)45-29-32-53(60-36-45)52-20-9-10-33-59-52/h1-36H. The number of hydrogen-bond acceptors (Lipinski definition) is 2. The van der Waals surface area contributed by atoms with E-state index in [1.807, 2.05) is 30.5 Å². The van der Waals surface area contributed by atoms with Gasteiger partial charge < -0.3 is 0 Å². The predicted molar refractivity (Wildman–Crippen MR) is 252 cm³/mol. The lowest BCUT2D eigenvalue weighted by molar-refractivity contribution is 1.25. The first-order chi connectivity index (χ1) is 29.8. The maximum absolute atomic E-state index is 4.68. The number of aromatic nitrogens is 2. The smallest absolute Gasteiger partial charge is 0.0886 e. The van der Waals surface area contributed by atoms with Gasteiger partial charge in [0.25, 0.3) is 0 Å². The molecule has 1 aliphatic carbocycles. The molecule has 0 amide bonds. The zero-order chi connectivity index (χ0) is 39.6. The van der Waals surface area contributed by atoms with Crippen LogP contribution in [0.15, 0.2) is 219 Å². The van der Waals surface area contributed by atoms with E-state index in [1.54, 1.807) is 6.20 Å². The van der Waals surface area contributed by atoms with Crippen molar-refractivity contribution in [2.45, 2.75) is 0 Å². The highest BCUT2D eigenvalue weighted by Gasteiger charge is 2.31. The van der Waals surface area contributed by atoms with Gasteiger partial charge in [-0.05, 0) is 135 Å². The van der Waals surface area contributed by atoms with Crippen molar-refractivity contribution in [1.29, 1.82) is 0 Å². The Balaban J connectivity index is 0.937. The van der Waals surface area contributed by atoms with Crippen LogP contribution in [0.5, 0.6) is 0 Å². The summed E-state index contributed by atoms with van der Waals surface area (Å²) in [6, 6.07) is 75.1. The first kappa shape index (κ1) is 34.1. The van der Waals surface area contributed by atoms with E-state index in [0.717, 1.165) is 22.5 Å². The molecule has 0 fully saturated rings. The molecule has 2 aromatic heterocycles. The summed E-state index contributed by atoms with van der Waals surface area (Å²) in [7, 11) is 0. The van der Waals surface area contributed by atoms with Crippen LogP contribution in [0.1, 0.15) is 0 Å². The largest absolute Gasteiger partial charge is 0.255 e. The lowest BCUT2D eigenvalue weighted by atomic mass is 9.82. The van der Waals surface area contributed by atoms with Gasteiger partial charge in [0.2, 0.25) is 0 Å². The molecular weight excluding hydrogens is 725 g/mol. The first-order valence-electron chi connectivity index (χ1n) is 20.6. The third-order valence-electron chi connectivity index (χ3n) is 12.3. The van der Waals surface area contributed by atoms with Crippen LogP contribution in [0.4, 0.5) is 0 Å². The summed E-state index contributed by atoms with van der Waals surface area (Å²) in [5, 5.41) is 7.61. The highest BCUT2D eigenvalue weighted by atomic mass is 14.8. The minimum Gasteiger partial charge on any atom is -0.255 e. The molecule has 0 bridgehead atoms. The molecular formula is C58H36N2. The van der Waals surface area contributed by atoms with E-state index in [0.29, 0.717) is 0 Å². The molecule has 2 heterocycles. The van der Waals surface area contributed by atoms with Gasteiger partial charge in [-0.2, -0.15) is 0 Å². The van der Waals surface area contributed by atoms with Gasteiger partial charge in [0.05, 0.1) is 11.4 Å². The van der Waals surface area contributed by atoms with E-state index in [9.17, 15) is 0 Å². The Morgan fingerprint density at radius 2 is 0.783 bits per heavy atom. The quantitative estimate of drug-likeness (QED) is 0.169. The minimum atomic E-state index is 0.873. The Morgan fingerprint density at radius 3 is 1.42 bits per heavy atom. The van der Waals surface area contributed by atoms with Gasteiger partial charge in [0.1, 0.15) is 0 Å². The number of fused-ring (bicyclic) bond motifs is 5. The second-order valence-electron chi connectivity index (χ2n) is 15.7. The molecule has 2 nitrogen and oxygen atoms in total. The highest BCUT2D eigenvalue weighted by Crippen LogP contribution is 2.58. The Morgan fingerprint density at radius 1 is 0.267 bits per heavy atom. The normalized spacial score (nSPS) is 11.7. The lowest BCUT2D eigenvalue weighted by Gasteiger charge is -2.20. The molecule has 0 unspecified atom stereocenters. The van der Waals surface area contributed by atoms with Gasteiger partial charge >= 0.3 is 0 Å². The summed E-state index contributed by atoms with van der Waals surface area (Å²) >= 11 is 0. The highest BCUT2D eigenvalue weighted by molar-refractivity contribution is 6.28. The Labute approximate surface area is 348 Å². The third-order valence-corrected chi connectivity index (χ3v) is 12.3. The Hall–Kier alpha value is -7.94. The fraction of sp³-hybridized carbons (Fsp3) is 0. The lowest BCUT2D eigenvalue weighted by Crippen LogP contribution is -1.93. The fourth-order valence-corrected chi connectivity index (χ4v) is 9.54. The molecule has 2 heteroatoms. The summed E-state index contributed by atoms with van der Waals surface area (Å²) in [5.74, 6) is 0. The molecule has 0 spiro atoms. The van der Waals surface area contributed by atoms with Crippen molar-refractivity contribution >= 4 is 32.3 Å². The van der Waals surface area contributed by atoms with Crippen molar-refractivity contribution in [1.82, 2.24) is 9.97 Å². The van der Waals surface area contributed by atoms with Crippen LogP contribution in [-0.2, 0) is 0 Å². The van der Waals surface area contributed by atoms with Crippen molar-refractivity contribution < 1.29 is 0 Å². The van der Waals surface area contributed by atoms with Gasteiger partial charge in [-0.3, -0.25) is 9.97 Å². The second kappa shape index (κ2) is 13.9. The molecule has 0 aliphatic heterocycles. The summed E-state index contributed by atoms with van der Waals surface area (Å²) < 4.78 is 0. The molecule has 0 radical (unpaired) electrons. The van der Waals surface area contributed by atoms with Gasteiger partial charge in [0, 0.05) is 18.0 Å². The fourth-order valence-electron chi connectivity index (χ4n) is 9.54. The van der Waals surface area contributed by atoms with E-state index in [-0.39, 0.29) is 0 Å². The molecule has 0 saturated heterocycles. The summed E-state index contributed by atoms with van der Waals surface area (Å²) in [6.45, 7) is 0. The number of hydrogen-bond donors (Lipinski definition) is 0. The van der Waals surface area contributed by atoms with Crippen molar-refractivity contribution in [3.63, 3.8) is 0 Å². The van der Waals surface area contributed by atoms with Crippen LogP contribution in [-0.4, -0.2) is 9.97 Å². The van der Waals surface area contributed by atoms with Crippen molar-refractivity contribution in [3.8, 4) is 89.3 Å². The molecule has 9 aromatic carbocycles. The second-order valence-corrected chi connectivity index (χ2v) is 15.7. The summed E-state index contributed by atoms with van der Waals surface area (Å²) in [6.07, 6.45) is 3.73. The number of rotatable bonds is 6. The van der Waals surface area contributed by atoms with Crippen molar-refractivity contribution in [3.05, 3.63) is 219 Å². The van der Waals surface area contributed by atoms with Crippen molar-refractivity contribution in [2.24, 2.45) is 0 Å². The van der Waals surface area contributed by atoms with E-state index < -0.39 is 0 Å². The van der Waals surface area contributed by atoms with E-state index in [4.69, 9.17) is 0 Å². The number of nitrogens with zero attached hydrogens (tertiary/aromatic N) is 2. The zero-order valence-corrected chi connectivity index (χ0v) is 32.7. The van der Waals surface area contributed by atoms with Crippen LogP contribution < -0.4 is 0 Å². The summed E-state index contributed by atoms with van der Waals surface area (Å²) in [5.41, 5.74) is 19.2. The van der Waals surface area contributed by atoms with E-state index in [1.165, 1.54) is 99.1 Å². The average molecular weight is 761 g/mol. The zero-order valence-electron chi connectivity index (χ0n) is 32.7. The Bertz CT molecular complexity index is 3340. The maximum Gasteiger partial charge on any atom is 0.0886 e. The van der Waals surface area contributed by atoms with Crippen LogP contribution in [0.2, 0.25) is 0 Å². The topological polar surface area (TPSA) is 25.8 Å². The first-order valence-corrected chi connectivity index (χ1v) is 20.6. The predicted octanol–water partition coefficient (Wildman–Crippen LogP) is 15.6. The van der Waals surface area contributed by atoms with E-state index >= 15 is 0 Å². The van der Waals surface area contributed by atoms with Crippen LogP contribution in [0.3, 0.4) is 0 Å². The van der Waals surface area contributed by atoms with Crippen LogP contribution in [0.25, 0.3) is 122 Å². The van der Waals surface area contributed by atoms with Gasteiger partial charge in [0.15, 0.2) is 0 Å². The van der Waals surface area contributed by atoms with Gasteiger partial charge in [-0.25, -0.2) is 0 Å². The number of pyridine rings is 2. The molecule has 278 valence electrons.